The van der Waals surface area contributed by atoms with Crippen LogP contribution < -0.4 is 15.0 Å². The van der Waals surface area contributed by atoms with E-state index in [9.17, 15) is 4.79 Å². The number of carbonyl (C=O) groups is 1. The van der Waals surface area contributed by atoms with Crippen molar-refractivity contribution in [2.75, 3.05) is 25.6 Å². The van der Waals surface area contributed by atoms with Gasteiger partial charge in [-0.3, -0.25) is 4.79 Å². The Morgan fingerprint density at radius 1 is 1.42 bits per heavy atom. The first kappa shape index (κ1) is 13.9. The number of anilines is 1. The van der Waals surface area contributed by atoms with Gasteiger partial charge in [0.25, 0.3) is 0 Å². The average Bonchev–Trinajstić information content (AvgIpc) is 2.46. The van der Waals surface area contributed by atoms with Gasteiger partial charge < -0.3 is 15.0 Å². The molecule has 1 amide bonds. The predicted molar refractivity (Wildman–Crippen MR) is 76.7 cm³/mol. The van der Waals surface area contributed by atoms with Crippen LogP contribution in [0.25, 0.3) is 0 Å². The molecule has 4 heteroatoms. The third-order valence-corrected chi connectivity index (χ3v) is 3.84. The number of methoxy groups -OCH3 is 1. The van der Waals surface area contributed by atoms with Crippen molar-refractivity contribution in [2.24, 2.45) is 0 Å². The van der Waals surface area contributed by atoms with E-state index >= 15 is 0 Å². The summed E-state index contributed by atoms with van der Waals surface area (Å²) in [5.41, 5.74) is 0.411. The molecule has 1 aliphatic rings. The molecule has 0 spiro atoms. The zero-order valence-corrected chi connectivity index (χ0v) is 11.9. The number of likely N-dealkylation sites (N-methyl/N-ethyl adjacent to an activating group) is 1. The topological polar surface area (TPSA) is 41.6 Å². The number of hydrogen-bond acceptors (Lipinski definition) is 3. The minimum Gasteiger partial charge on any atom is -0.497 e. The summed E-state index contributed by atoms with van der Waals surface area (Å²) in [7, 11) is 3.45. The second-order valence-corrected chi connectivity index (χ2v) is 5.28. The molecule has 4 nitrogen and oxygen atoms in total. The van der Waals surface area contributed by atoms with E-state index in [1.165, 1.54) is 0 Å². The van der Waals surface area contributed by atoms with Crippen LogP contribution in [-0.2, 0) is 4.79 Å². The van der Waals surface area contributed by atoms with Gasteiger partial charge in [-0.25, -0.2) is 0 Å². The Labute approximate surface area is 114 Å². The Hall–Kier alpha value is -1.55. The standard InChI is InChI=1S/C15H22N2O2/c1-15(9-4-5-10-16-15)14(18)17(2)12-7-6-8-13(11-12)19-3/h6-8,11,16H,4-5,9-10H2,1-3H3. The van der Waals surface area contributed by atoms with Crippen molar-refractivity contribution in [1.82, 2.24) is 5.32 Å². The van der Waals surface area contributed by atoms with Crippen molar-refractivity contribution in [3.8, 4) is 5.75 Å². The van der Waals surface area contributed by atoms with E-state index in [4.69, 9.17) is 4.74 Å². The SMILES string of the molecule is COc1cccc(N(C)C(=O)C2(C)CCCCN2)c1. The highest BCUT2D eigenvalue weighted by Gasteiger charge is 2.36. The lowest BCUT2D eigenvalue weighted by Gasteiger charge is -2.36. The summed E-state index contributed by atoms with van der Waals surface area (Å²) in [6.45, 7) is 2.90. The number of nitrogens with zero attached hydrogens (tertiary/aromatic N) is 1. The fourth-order valence-corrected chi connectivity index (χ4v) is 2.55. The molecule has 1 saturated heterocycles. The van der Waals surface area contributed by atoms with Gasteiger partial charge in [0.2, 0.25) is 5.91 Å². The van der Waals surface area contributed by atoms with Gasteiger partial charge in [-0.15, -0.1) is 0 Å². The Kier molecular flexibility index (Phi) is 4.10. The monoisotopic (exact) mass is 262 g/mol. The third-order valence-electron chi connectivity index (χ3n) is 3.84. The highest BCUT2D eigenvalue weighted by molar-refractivity contribution is 5.99. The van der Waals surface area contributed by atoms with Crippen LogP contribution in [0.1, 0.15) is 26.2 Å². The summed E-state index contributed by atoms with van der Waals surface area (Å²) < 4.78 is 5.20. The lowest BCUT2D eigenvalue weighted by Crippen LogP contribution is -2.57. The summed E-state index contributed by atoms with van der Waals surface area (Å²) in [5.74, 6) is 0.874. The number of nitrogens with one attached hydrogen (secondary N) is 1. The molecule has 19 heavy (non-hydrogen) atoms. The van der Waals surface area contributed by atoms with Crippen molar-refractivity contribution >= 4 is 11.6 Å². The fraction of sp³-hybridized carbons (Fsp3) is 0.533. The van der Waals surface area contributed by atoms with Crippen molar-refractivity contribution in [2.45, 2.75) is 31.7 Å². The molecule has 1 N–H and O–H groups in total. The van der Waals surface area contributed by atoms with E-state index in [1.807, 2.05) is 38.2 Å². The number of ether oxygens (including phenoxy) is 1. The van der Waals surface area contributed by atoms with Gasteiger partial charge in [0.15, 0.2) is 0 Å². The lowest BCUT2D eigenvalue weighted by atomic mass is 9.89. The van der Waals surface area contributed by atoms with E-state index < -0.39 is 5.54 Å². The molecule has 1 unspecified atom stereocenters. The molecule has 0 saturated carbocycles. The van der Waals surface area contributed by atoms with Crippen LogP contribution in [0, 0.1) is 0 Å². The van der Waals surface area contributed by atoms with Gasteiger partial charge in [0.1, 0.15) is 5.75 Å². The molecule has 1 aromatic rings. The Morgan fingerprint density at radius 3 is 2.84 bits per heavy atom. The normalized spacial score (nSPS) is 22.9. The molecule has 0 bridgehead atoms. The highest BCUT2D eigenvalue weighted by atomic mass is 16.5. The van der Waals surface area contributed by atoms with E-state index in [-0.39, 0.29) is 5.91 Å². The maximum Gasteiger partial charge on any atom is 0.246 e. The molecule has 1 aromatic carbocycles. The number of carbonyl (C=O) groups excluding carboxylic acids is 1. The lowest BCUT2D eigenvalue weighted by molar-refractivity contribution is -0.124. The average molecular weight is 262 g/mol. The van der Waals surface area contributed by atoms with Gasteiger partial charge in [-0.2, -0.15) is 0 Å². The molecule has 1 heterocycles. The molecule has 1 atom stereocenters. The maximum absolute atomic E-state index is 12.6. The summed E-state index contributed by atoms with van der Waals surface area (Å²) >= 11 is 0. The summed E-state index contributed by atoms with van der Waals surface area (Å²) in [6.07, 6.45) is 3.13. The van der Waals surface area contributed by atoms with Crippen LogP contribution in [0.4, 0.5) is 5.69 Å². The van der Waals surface area contributed by atoms with E-state index in [2.05, 4.69) is 5.32 Å². The van der Waals surface area contributed by atoms with Crippen LogP contribution in [0.2, 0.25) is 0 Å². The van der Waals surface area contributed by atoms with Gasteiger partial charge in [0, 0.05) is 18.8 Å². The van der Waals surface area contributed by atoms with Gasteiger partial charge >= 0.3 is 0 Å². The van der Waals surface area contributed by atoms with Crippen LogP contribution in [0.3, 0.4) is 0 Å². The largest absolute Gasteiger partial charge is 0.497 e. The van der Waals surface area contributed by atoms with E-state index in [1.54, 1.807) is 12.0 Å². The van der Waals surface area contributed by atoms with Crippen molar-refractivity contribution in [1.29, 1.82) is 0 Å². The Balaban J connectivity index is 2.17. The summed E-state index contributed by atoms with van der Waals surface area (Å²) in [5, 5.41) is 3.35. The zero-order valence-electron chi connectivity index (χ0n) is 11.9. The number of piperidine rings is 1. The Bertz CT molecular complexity index is 453. The van der Waals surface area contributed by atoms with E-state index in [0.29, 0.717) is 0 Å². The predicted octanol–water partition coefficient (Wildman–Crippen LogP) is 2.19. The summed E-state index contributed by atoms with van der Waals surface area (Å²) in [6, 6.07) is 7.58. The molecular weight excluding hydrogens is 240 g/mol. The third kappa shape index (κ3) is 2.89. The van der Waals surface area contributed by atoms with Gasteiger partial charge in [0.05, 0.1) is 12.6 Å². The fourth-order valence-electron chi connectivity index (χ4n) is 2.55. The maximum atomic E-state index is 12.6. The number of amides is 1. The smallest absolute Gasteiger partial charge is 0.246 e. The first-order valence-electron chi connectivity index (χ1n) is 6.74. The van der Waals surface area contributed by atoms with Crippen LogP contribution in [0.5, 0.6) is 5.75 Å². The molecule has 0 aromatic heterocycles. The van der Waals surface area contributed by atoms with E-state index in [0.717, 1.165) is 37.2 Å². The van der Waals surface area contributed by atoms with Crippen LogP contribution in [0.15, 0.2) is 24.3 Å². The van der Waals surface area contributed by atoms with Gasteiger partial charge in [-0.05, 0) is 44.9 Å². The molecule has 0 aliphatic carbocycles. The van der Waals surface area contributed by atoms with Crippen molar-refractivity contribution in [3.05, 3.63) is 24.3 Å². The first-order chi connectivity index (χ1) is 9.07. The molecule has 2 rings (SSSR count). The second-order valence-electron chi connectivity index (χ2n) is 5.28. The molecular formula is C15H22N2O2. The quantitative estimate of drug-likeness (QED) is 0.908. The number of hydrogen-bond donors (Lipinski definition) is 1. The van der Waals surface area contributed by atoms with Crippen molar-refractivity contribution < 1.29 is 9.53 Å². The number of rotatable bonds is 3. The first-order valence-corrected chi connectivity index (χ1v) is 6.74. The molecule has 1 fully saturated rings. The minimum atomic E-state index is -0.448. The summed E-state index contributed by atoms with van der Waals surface area (Å²) in [4.78, 5) is 14.4. The number of benzene rings is 1. The Morgan fingerprint density at radius 2 is 2.21 bits per heavy atom. The van der Waals surface area contributed by atoms with Crippen LogP contribution >= 0.6 is 0 Å². The zero-order chi connectivity index (χ0) is 13.9. The molecule has 1 aliphatic heterocycles. The van der Waals surface area contributed by atoms with Crippen molar-refractivity contribution in [3.63, 3.8) is 0 Å². The highest BCUT2D eigenvalue weighted by Crippen LogP contribution is 2.25. The molecule has 104 valence electrons. The second kappa shape index (κ2) is 5.61. The van der Waals surface area contributed by atoms with Crippen LogP contribution in [-0.4, -0.2) is 32.1 Å². The van der Waals surface area contributed by atoms with Gasteiger partial charge in [-0.1, -0.05) is 6.07 Å². The minimum absolute atomic E-state index is 0.112. The molecule has 0 radical (unpaired) electrons.